The maximum absolute atomic E-state index is 12.0. The number of hydrogen-bond acceptors (Lipinski definition) is 3. The van der Waals surface area contributed by atoms with Crippen LogP contribution in [0.4, 0.5) is 0 Å². The van der Waals surface area contributed by atoms with Gasteiger partial charge in [-0.3, -0.25) is 4.79 Å². The molecule has 1 aliphatic heterocycles. The Morgan fingerprint density at radius 2 is 2.00 bits per heavy atom. The van der Waals surface area contributed by atoms with E-state index in [1.54, 1.807) is 6.07 Å². The molecule has 3 nitrogen and oxygen atoms in total. The molecule has 0 spiro atoms. The van der Waals surface area contributed by atoms with Crippen LogP contribution in [0.5, 0.6) is 11.5 Å². The molecule has 0 aliphatic carbocycles. The lowest BCUT2D eigenvalue weighted by Crippen LogP contribution is -2.16. The van der Waals surface area contributed by atoms with Crippen molar-refractivity contribution in [1.29, 1.82) is 0 Å². The summed E-state index contributed by atoms with van der Waals surface area (Å²) in [6.45, 7) is 5.08. The zero-order valence-electron chi connectivity index (χ0n) is 9.66. The van der Waals surface area contributed by atoms with Gasteiger partial charge in [-0.1, -0.05) is 13.8 Å². The molecular weight excluding hydrogens is 204 g/mol. The van der Waals surface area contributed by atoms with Crippen LogP contribution in [0.15, 0.2) is 18.2 Å². The van der Waals surface area contributed by atoms with Gasteiger partial charge in [0.25, 0.3) is 0 Å². The summed E-state index contributed by atoms with van der Waals surface area (Å²) in [5.41, 5.74) is 0.707. The summed E-state index contributed by atoms with van der Waals surface area (Å²) in [4.78, 5) is 12.0. The number of hydrogen-bond donors (Lipinski definition) is 0. The molecule has 0 fully saturated rings. The van der Waals surface area contributed by atoms with Gasteiger partial charge in [0.15, 0.2) is 17.3 Å². The smallest absolute Gasteiger partial charge is 0.165 e. The van der Waals surface area contributed by atoms with Crippen molar-refractivity contribution in [2.75, 3.05) is 13.2 Å². The highest BCUT2D eigenvalue weighted by Crippen LogP contribution is 2.31. The average molecular weight is 220 g/mol. The van der Waals surface area contributed by atoms with E-state index in [1.165, 1.54) is 0 Å². The predicted molar refractivity (Wildman–Crippen MR) is 61.2 cm³/mol. The first-order valence-corrected chi connectivity index (χ1v) is 5.66. The van der Waals surface area contributed by atoms with E-state index in [2.05, 4.69) is 0 Å². The molecule has 1 aliphatic rings. The molecule has 1 heterocycles. The second kappa shape index (κ2) is 4.56. The van der Waals surface area contributed by atoms with Crippen LogP contribution in [-0.2, 0) is 0 Å². The number of carbonyl (C=O) groups is 1. The Hall–Kier alpha value is -1.51. The van der Waals surface area contributed by atoms with E-state index >= 15 is 0 Å². The van der Waals surface area contributed by atoms with Crippen LogP contribution in [-0.4, -0.2) is 19.0 Å². The van der Waals surface area contributed by atoms with Crippen LogP contribution in [0.1, 0.15) is 30.6 Å². The monoisotopic (exact) mass is 220 g/mol. The maximum atomic E-state index is 12.0. The molecular formula is C13H16O3. The number of ether oxygens (including phenoxy) is 2. The normalized spacial score (nSPS) is 15.6. The maximum Gasteiger partial charge on any atom is 0.165 e. The summed E-state index contributed by atoms with van der Waals surface area (Å²) in [7, 11) is 0. The Bertz CT molecular complexity index is 398. The number of ketones is 1. The molecule has 16 heavy (non-hydrogen) atoms. The summed E-state index contributed by atoms with van der Waals surface area (Å²) < 4.78 is 10.9. The summed E-state index contributed by atoms with van der Waals surface area (Å²) in [6.07, 6.45) is 0.854. The van der Waals surface area contributed by atoms with Crippen molar-refractivity contribution >= 4 is 5.78 Å². The van der Waals surface area contributed by atoms with Crippen LogP contribution in [0.3, 0.4) is 0 Å². The number of rotatable bonds is 3. The molecule has 0 amide bonds. The number of fused-ring (bicyclic) bond motifs is 1. The number of benzene rings is 1. The summed E-state index contributed by atoms with van der Waals surface area (Å²) in [6, 6.07) is 5.40. The fourth-order valence-electron chi connectivity index (χ4n) is 1.67. The van der Waals surface area contributed by atoms with E-state index in [-0.39, 0.29) is 11.7 Å². The predicted octanol–water partition coefficient (Wildman–Crippen LogP) is 2.69. The fraction of sp³-hybridized carbons (Fsp3) is 0.462. The molecule has 0 bridgehead atoms. The highest BCUT2D eigenvalue weighted by Gasteiger charge is 2.17. The van der Waals surface area contributed by atoms with Gasteiger partial charge < -0.3 is 9.47 Å². The first-order valence-electron chi connectivity index (χ1n) is 5.66. The van der Waals surface area contributed by atoms with Crippen molar-refractivity contribution in [3.63, 3.8) is 0 Å². The fourth-order valence-corrected chi connectivity index (χ4v) is 1.67. The quantitative estimate of drug-likeness (QED) is 0.735. The highest BCUT2D eigenvalue weighted by atomic mass is 16.6. The van der Waals surface area contributed by atoms with E-state index < -0.39 is 0 Å². The van der Waals surface area contributed by atoms with E-state index in [9.17, 15) is 4.79 Å². The second-order valence-corrected chi connectivity index (χ2v) is 4.03. The van der Waals surface area contributed by atoms with Crippen LogP contribution < -0.4 is 9.47 Å². The van der Waals surface area contributed by atoms with Crippen LogP contribution in [0, 0.1) is 5.92 Å². The van der Waals surface area contributed by atoms with Gasteiger partial charge in [-0.2, -0.15) is 0 Å². The molecule has 86 valence electrons. The lowest BCUT2D eigenvalue weighted by molar-refractivity contribution is 0.0926. The van der Waals surface area contributed by atoms with Crippen molar-refractivity contribution < 1.29 is 14.3 Å². The van der Waals surface area contributed by atoms with Crippen molar-refractivity contribution in [3.05, 3.63) is 23.8 Å². The zero-order valence-corrected chi connectivity index (χ0v) is 9.66. The Morgan fingerprint density at radius 3 is 2.69 bits per heavy atom. The minimum absolute atomic E-state index is 0.0579. The van der Waals surface area contributed by atoms with Gasteiger partial charge in [0.05, 0.1) is 0 Å². The molecule has 1 aromatic rings. The third-order valence-electron chi connectivity index (χ3n) is 2.89. The molecule has 0 radical (unpaired) electrons. The summed E-state index contributed by atoms with van der Waals surface area (Å²) >= 11 is 0. The molecule has 1 aromatic carbocycles. The van der Waals surface area contributed by atoms with Gasteiger partial charge in [0.1, 0.15) is 13.2 Å². The number of carbonyl (C=O) groups excluding carboxylic acids is 1. The molecule has 0 unspecified atom stereocenters. The van der Waals surface area contributed by atoms with Crippen LogP contribution in [0.25, 0.3) is 0 Å². The summed E-state index contributed by atoms with van der Waals surface area (Å²) in [5.74, 6) is 1.63. The Kier molecular flexibility index (Phi) is 3.13. The van der Waals surface area contributed by atoms with Crippen molar-refractivity contribution in [2.24, 2.45) is 5.92 Å². The van der Waals surface area contributed by atoms with Gasteiger partial charge in [-0.15, -0.1) is 0 Å². The third kappa shape index (κ3) is 2.03. The summed E-state index contributed by atoms with van der Waals surface area (Å²) in [5, 5.41) is 0. The standard InChI is InChI=1S/C13H16O3/c1-3-9(2)13(14)10-4-5-11-12(8-10)16-7-6-15-11/h4-5,8-9H,3,6-7H2,1-2H3/t9-/m1/s1. The lowest BCUT2D eigenvalue weighted by Gasteiger charge is -2.19. The van der Waals surface area contributed by atoms with E-state index in [0.717, 1.165) is 12.2 Å². The SMILES string of the molecule is CC[C@@H](C)C(=O)c1ccc2c(c1)OCCO2. The van der Waals surface area contributed by atoms with Gasteiger partial charge in [-0.25, -0.2) is 0 Å². The highest BCUT2D eigenvalue weighted by molar-refractivity contribution is 5.98. The Balaban J connectivity index is 2.26. The van der Waals surface area contributed by atoms with Crippen LogP contribution in [0.2, 0.25) is 0 Å². The number of Topliss-reactive ketones (excluding diaryl/α,β-unsaturated/α-hetero) is 1. The van der Waals surface area contributed by atoms with Crippen molar-refractivity contribution in [2.45, 2.75) is 20.3 Å². The van der Waals surface area contributed by atoms with Crippen molar-refractivity contribution in [3.8, 4) is 11.5 Å². The molecule has 0 aromatic heterocycles. The van der Waals surface area contributed by atoms with Crippen LogP contribution >= 0.6 is 0 Å². The first-order chi connectivity index (χ1) is 7.72. The van der Waals surface area contributed by atoms with Gasteiger partial charge in [0.2, 0.25) is 0 Å². The zero-order chi connectivity index (χ0) is 11.5. The minimum atomic E-state index is 0.0579. The Labute approximate surface area is 95.4 Å². The largest absolute Gasteiger partial charge is 0.486 e. The topological polar surface area (TPSA) is 35.5 Å². The average Bonchev–Trinajstić information content (AvgIpc) is 2.36. The van der Waals surface area contributed by atoms with E-state index in [1.807, 2.05) is 26.0 Å². The van der Waals surface area contributed by atoms with E-state index in [4.69, 9.17) is 9.47 Å². The molecule has 3 heteroatoms. The van der Waals surface area contributed by atoms with Gasteiger partial charge in [-0.05, 0) is 24.6 Å². The molecule has 0 saturated heterocycles. The third-order valence-corrected chi connectivity index (χ3v) is 2.89. The molecule has 0 saturated carbocycles. The molecule has 2 rings (SSSR count). The molecule has 0 N–H and O–H groups in total. The second-order valence-electron chi connectivity index (χ2n) is 4.03. The first kappa shape index (κ1) is 11.0. The minimum Gasteiger partial charge on any atom is -0.486 e. The lowest BCUT2D eigenvalue weighted by atomic mass is 9.97. The van der Waals surface area contributed by atoms with Gasteiger partial charge in [0, 0.05) is 11.5 Å². The Morgan fingerprint density at radius 1 is 1.31 bits per heavy atom. The molecule has 1 atom stereocenters. The van der Waals surface area contributed by atoms with E-state index in [0.29, 0.717) is 24.5 Å². The van der Waals surface area contributed by atoms with Crippen molar-refractivity contribution in [1.82, 2.24) is 0 Å². The van der Waals surface area contributed by atoms with Gasteiger partial charge >= 0.3 is 0 Å².